The Morgan fingerprint density at radius 2 is 2.05 bits per heavy atom. The standard InChI is InChI=1S/C26H31ClFNO7S/c1-4-8-19(29-35-12-7-11-27)15-25(31)36-23-16-20(26(32)34-3)18(14-22(23)30)13-17(2)37(33)24-10-6-5-9-21(24)28/h5-7,9-11,15-18,20,29H,4,8,12-14H2,1-3H3/t17?,18-,20-,37?/m0/s1. The number of carbonyl (C=O) groups is 3. The van der Waals surface area contributed by atoms with Crippen LogP contribution < -0.4 is 5.48 Å². The van der Waals surface area contributed by atoms with Gasteiger partial charge in [0.2, 0.25) is 0 Å². The maximum absolute atomic E-state index is 14.1. The third-order valence-electron chi connectivity index (χ3n) is 5.58. The molecule has 1 aromatic carbocycles. The van der Waals surface area contributed by atoms with E-state index >= 15 is 0 Å². The average molecular weight is 556 g/mol. The number of hydrogen-bond donors (Lipinski definition) is 1. The van der Waals surface area contributed by atoms with Gasteiger partial charge in [0.15, 0.2) is 11.5 Å². The monoisotopic (exact) mass is 555 g/mol. The molecule has 8 nitrogen and oxygen atoms in total. The van der Waals surface area contributed by atoms with Gasteiger partial charge in [0.1, 0.15) is 5.82 Å². The lowest BCUT2D eigenvalue weighted by molar-refractivity contribution is -0.147. The summed E-state index contributed by atoms with van der Waals surface area (Å²) < 4.78 is 37.2. The summed E-state index contributed by atoms with van der Waals surface area (Å²) in [5.74, 6) is -4.25. The van der Waals surface area contributed by atoms with Gasteiger partial charge in [-0.1, -0.05) is 44.0 Å². The van der Waals surface area contributed by atoms with Crippen molar-refractivity contribution in [3.05, 3.63) is 65.3 Å². The maximum atomic E-state index is 14.1. The number of carbonyl (C=O) groups excluding carboxylic acids is 3. The minimum absolute atomic E-state index is 0.0582. The van der Waals surface area contributed by atoms with E-state index < -0.39 is 51.4 Å². The Hall–Kier alpha value is -2.82. The van der Waals surface area contributed by atoms with E-state index in [1.54, 1.807) is 19.1 Å². The molecule has 1 aromatic rings. The Balaban J connectivity index is 2.17. The number of rotatable bonds is 13. The number of methoxy groups -OCH3 is 1. The van der Waals surface area contributed by atoms with E-state index in [-0.39, 0.29) is 30.1 Å². The second-order valence-corrected chi connectivity index (χ2v) is 10.4. The summed E-state index contributed by atoms with van der Waals surface area (Å²) >= 11 is 5.44. The van der Waals surface area contributed by atoms with E-state index in [0.29, 0.717) is 18.5 Å². The molecular formula is C26H31ClFNO7S. The summed E-state index contributed by atoms with van der Waals surface area (Å²) in [7, 11) is -0.487. The SMILES string of the molecule is CCCC(=CC(=O)OC1=C[C@H](C(=O)OC)[C@@H](CC(C)S(=O)c2ccccc2F)CC1=O)NOCC=CCl. The van der Waals surface area contributed by atoms with E-state index in [4.69, 9.17) is 25.9 Å². The van der Waals surface area contributed by atoms with Crippen molar-refractivity contribution in [2.24, 2.45) is 11.8 Å². The molecule has 0 saturated heterocycles. The van der Waals surface area contributed by atoms with Gasteiger partial charge in [0.25, 0.3) is 0 Å². The van der Waals surface area contributed by atoms with E-state index in [0.717, 1.165) is 0 Å². The van der Waals surface area contributed by atoms with Crippen molar-refractivity contribution in [1.29, 1.82) is 0 Å². The van der Waals surface area contributed by atoms with Gasteiger partial charge < -0.3 is 9.47 Å². The highest BCUT2D eigenvalue weighted by Gasteiger charge is 2.38. The third kappa shape index (κ3) is 9.21. The lowest BCUT2D eigenvalue weighted by atomic mass is 9.79. The van der Waals surface area contributed by atoms with Crippen LogP contribution in [0.2, 0.25) is 0 Å². The first-order valence-corrected chi connectivity index (χ1v) is 13.4. The average Bonchev–Trinajstić information content (AvgIpc) is 2.87. The smallest absolute Gasteiger partial charge is 0.338 e. The molecule has 0 saturated carbocycles. The summed E-state index contributed by atoms with van der Waals surface area (Å²) in [6.07, 6.45) is 5.23. The second-order valence-electron chi connectivity index (χ2n) is 8.36. The molecule has 0 heterocycles. The zero-order valence-electron chi connectivity index (χ0n) is 20.9. The normalized spacial score (nSPS) is 19.8. The van der Waals surface area contributed by atoms with Gasteiger partial charge in [-0.25, -0.2) is 9.18 Å². The number of halogens is 2. The highest BCUT2D eigenvalue weighted by Crippen LogP contribution is 2.33. The Morgan fingerprint density at radius 3 is 2.70 bits per heavy atom. The number of esters is 2. The Kier molecular flexibility index (Phi) is 12.7. The first kappa shape index (κ1) is 30.4. The Morgan fingerprint density at radius 1 is 1.32 bits per heavy atom. The van der Waals surface area contributed by atoms with Crippen molar-refractivity contribution < 1.29 is 37.3 Å². The minimum atomic E-state index is -1.70. The molecule has 202 valence electrons. The van der Waals surface area contributed by atoms with Gasteiger partial charge in [-0.2, -0.15) is 0 Å². The van der Waals surface area contributed by atoms with Crippen molar-refractivity contribution >= 4 is 40.1 Å². The van der Waals surface area contributed by atoms with Crippen LogP contribution in [0.5, 0.6) is 0 Å². The molecule has 1 aliphatic carbocycles. The molecule has 0 spiro atoms. The van der Waals surface area contributed by atoms with E-state index in [9.17, 15) is 23.0 Å². The molecule has 0 fully saturated rings. The highest BCUT2D eigenvalue weighted by atomic mass is 35.5. The molecule has 1 aliphatic rings. The fourth-order valence-electron chi connectivity index (χ4n) is 3.83. The van der Waals surface area contributed by atoms with Gasteiger partial charge in [-0.15, -0.1) is 0 Å². The van der Waals surface area contributed by atoms with Gasteiger partial charge in [0, 0.05) is 29.0 Å². The molecule has 0 aliphatic heterocycles. The molecular weight excluding hydrogens is 525 g/mol. The van der Waals surface area contributed by atoms with Crippen molar-refractivity contribution in [3.8, 4) is 0 Å². The molecule has 37 heavy (non-hydrogen) atoms. The van der Waals surface area contributed by atoms with Crippen LogP contribution in [0.15, 0.2) is 64.4 Å². The predicted molar refractivity (Wildman–Crippen MR) is 137 cm³/mol. The molecule has 0 radical (unpaired) electrons. The van der Waals surface area contributed by atoms with Crippen LogP contribution in [0.3, 0.4) is 0 Å². The zero-order chi connectivity index (χ0) is 27.4. The first-order valence-electron chi connectivity index (χ1n) is 11.7. The summed E-state index contributed by atoms with van der Waals surface area (Å²) in [6.45, 7) is 3.75. The van der Waals surface area contributed by atoms with Crippen LogP contribution in [0, 0.1) is 17.7 Å². The van der Waals surface area contributed by atoms with Crippen LogP contribution in [0.1, 0.15) is 39.5 Å². The number of Topliss-reactive ketones (excluding diaryl/α,β-unsaturated/α-hetero) is 1. The fourth-order valence-corrected chi connectivity index (χ4v) is 5.24. The van der Waals surface area contributed by atoms with Crippen LogP contribution in [0.25, 0.3) is 0 Å². The topological polar surface area (TPSA) is 108 Å². The predicted octanol–water partition coefficient (Wildman–Crippen LogP) is 4.47. The van der Waals surface area contributed by atoms with Crippen molar-refractivity contribution in [1.82, 2.24) is 5.48 Å². The van der Waals surface area contributed by atoms with Gasteiger partial charge in [-0.3, -0.25) is 24.1 Å². The fraction of sp³-hybridized carbons (Fsp3) is 0.423. The van der Waals surface area contributed by atoms with Crippen LogP contribution in [-0.2, 0) is 39.5 Å². The lowest BCUT2D eigenvalue weighted by Crippen LogP contribution is -2.34. The van der Waals surface area contributed by atoms with Crippen LogP contribution in [0.4, 0.5) is 4.39 Å². The highest BCUT2D eigenvalue weighted by molar-refractivity contribution is 7.85. The molecule has 4 atom stereocenters. The summed E-state index contributed by atoms with van der Waals surface area (Å²) in [4.78, 5) is 43.1. The van der Waals surface area contributed by atoms with Gasteiger partial charge in [-0.05, 0) is 43.0 Å². The quantitative estimate of drug-likeness (QED) is 0.164. The van der Waals surface area contributed by atoms with E-state index in [1.807, 2.05) is 6.92 Å². The van der Waals surface area contributed by atoms with Crippen LogP contribution in [-0.4, -0.2) is 40.9 Å². The zero-order valence-corrected chi connectivity index (χ0v) is 22.5. The second kappa shape index (κ2) is 15.4. The molecule has 0 bridgehead atoms. The van der Waals surface area contributed by atoms with Gasteiger partial charge in [0.05, 0.1) is 35.3 Å². The number of benzene rings is 1. The first-order chi connectivity index (χ1) is 17.7. The van der Waals surface area contributed by atoms with Crippen molar-refractivity contribution in [3.63, 3.8) is 0 Å². The third-order valence-corrected chi connectivity index (χ3v) is 7.45. The Bertz CT molecular complexity index is 1090. The lowest BCUT2D eigenvalue weighted by Gasteiger charge is -2.29. The number of ketones is 1. The van der Waals surface area contributed by atoms with Crippen molar-refractivity contribution in [2.45, 2.75) is 49.7 Å². The molecule has 1 N–H and O–H groups in total. The van der Waals surface area contributed by atoms with E-state index in [2.05, 4.69) is 5.48 Å². The number of allylic oxidation sites excluding steroid dienone is 2. The summed E-state index contributed by atoms with van der Waals surface area (Å²) in [5, 5.41) is -0.557. The van der Waals surface area contributed by atoms with E-state index in [1.165, 1.54) is 43.0 Å². The summed E-state index contributed by atoms with van der Waals surface area (Å²) in [6, 6.07) is 5.76. The largest absolute Gasteiger partial charge is 0.469 e. The van der Waals surface area contributed by atoms with Crippen molar-refractivity contribution in [2.75, 3.05) is 13.7 Å². The number of hydroxylamine groups is 1. The molecule has 2 rings (SSSR count). The molecule has 0 amide bonds. The van der Waals surface area contributed by atoms with Crippen LogP contribution >= 0.6 is 11.6 Å². The molecule has 11 heteroatoms. The maximum Gasteiger partial charge on any atom is 0.338 e. The molecule has 2 unspecified atom stereocenters. The minimum Gasteiger partial charge on any atom is -0.469 e. The number of nitrogens with one attached hydrogen (secondary N) is 1. The Labute approximate surface area is 223 Å². The number of ether oxygens (including phenoxy) is 2. The van der Waals surface area contributed by atoms with Gasteiger partial charge >= 0.3 is 11.9 Å². The number of hydrogen-bond acceptors (Lipinski definition) is 8. The molecule has 0 aromatic heterocycles. The summed E-state index contributed by atoms with van der Waals surface area (Å²) in [5.41, 5.74) is 4.38.